The highest BCUT2D eigenvalue weighted by molar-refractivity contribution is 6.11. The van der Waals surface area contributed by atoms with Crippen molar-refractivity contribution >= 4 is 17.3 Å². The molecule has 0 aromatic heterocycles. The number of nitrogens with zero attached hydrogens (tertiary/aromatic N) is 1. The number of hydrogen-bond acceptors (Lipinski definition) is 3. The van der Waals surface area contributed by atoms with Crippen LogP contribution in [0.1, 0.15) is 23.1 Å². The van der Waals surface area contributed by atoms with E-state index in [1.54, 1.807) is 0 Å². The van der Waals surface area contributed by atoms with Crippen LogP contribution in [0.2, 0.25) is 0 Å². The molecule has 1 saturated heterocycles. The summed E-state index contributed by atoms with van der Waals surface area (Å²) < 4.78 is 39.2. The number of halogens is 2. The van der Waals surface area contributed by atoms with Crippen molar-refractivity contribution in [3.63, 3.8) is 0 Å². The molecule has 6 heteroatoms. The van der Waals surface area contributed by atoms with Crippen LogP contribution >= 0.6 is 0 Å². The van der Waals surface area contributed by atoms with E-state index in [9.17, 15) is 13.6 Å². The molecule has 0 saturated carbocycles. The summed E-state index contributed by atoms with van der Waals surface area (Å²) in [7, 11) is 0. The van der Waals surface area contributed by atoms with E-state index < -0.39 is 23.3 Å². The molecule has 2 aliphatic heterocycles. The summed E-state index contributed by atoms with van der Waals surface area (Å²) in [4.78, 5) is 14.8. The summed E-state index contributed by atoms with van der Waals surface area (Å²) in [6, 6.07) is 19.3. The second-order valence-electron chi connectivity index (χ2n) is 7.74. The summed E-state index contributed by atoms with van der Waals surface area (Å²) in [5, 5.41) is 0. The molecule has 0 radical (unpaired) electrons. The minimum absolute atomic E-state index is 0.233. The number of anilines is 2. The van der Waals surface area contributed by atoms with Crippen molar-refractivity contribution in [2.24, 2.45) is 0 Å². The molecule has 158 valence electrons. The third kappa shape index (κ3) is 3.42. The average molecular weight is 421 g/mol. The fourth-order valence-corrected chi connectivity index (χ4v) is 4.19. The van der Waals surface area contributed by atoms with Gasteiger partial charge in [0.25, 0.3) is 11.7 Å². The van der Waals surface area contributed by atoms with Crippen LogP contribution in [0.3, 0.4) is 0 Å². The highest BCUT2D eigenvalue weighted by Gasteiger charge is 2.55. The number of rotatable bonds is 4. The van der Waals surface area contributed by atoms with E-state index >= 15 is 0 Å². The molecular weight excluding hydrogens is 400 g/mol. The van der Waals surface area contributed by atoms with Gasteiger partial charge in [0.2, 0.25) is 0 Å². The Kier molecular flexibility index (Phi) is 5.04. The Morgan fingerprint density at radius 1 is 0.839 bits per heavy atom. The number of amides is 1. The average Bonchev–Trinajstić information content (AvgIpc) is 3.03. The predicted octanol–water partition coefficient (Wildman–Crippen LogP) is 5.02. The molecule has 2 aliphatic rings. The van der Waals surface area contributed by atoms with Crippen molar-refractivity contribution in [2.45, 2.75) is 25.0 Å². The Balaban J connectivity index is 1.54. The molecule has 0 N–H and O–H groups in total. The number of carbonyl (C=O) groups is 1. The van der Waals surface area contributed by atoms with Crippen molar-refractivity contribution < 1.29 is 23.0 Å². The molecule has 31 heavy (non-hydrogen) atoms. The fraction of sp³-hybridized carbons (Fsp3) is 0.240. The van der Waals surface area contributed by atoms with Gasteiger partial charge in [-0.3, -0.25) is 9.69 Å². The zero-order chi connectivity index (χ0) is 21.4. The van der Waals surface area contributed by atoms with E-state index in [1.807, 2.05) is 36.4 Å². The van der Waals surface area contributed by atoms with Gasteiger partial charge in [0.05, 0.1) is 24.6 Å². The molecule has 0 atom stereocenters. The second-order valence-corrected chi connectivity index (χ2v) is 7.74. The molecular formula is C25H21F2NO3. The van der Waals surface area contributed by atoms with Gasteiger partial charge >= 0.3 is 0 Å². The molecule has 4 nitrogen and oxygen atoms in total. The van der Waals surface area contributed by atoms with Crippen molar-refractivity contribution in [3.8, 4) is 0 Å². The Bertz CT molecular complexity index is 1130. The van der Waals surface area contributed by atoms with Crippen LogP contribution in [-0.2, 0) is 32.9 Å². The van der Waals surface area contributed by atoms with Crippen LogP contribution in [0.25, 0.3) is 0 Å². The van der Waals surface area contributed by atoms with Gasteiger partial charge in [-0.25, -0.2) is 8.78 Å². The largest absolute Gasteiger partial charge is 0.338 e. The Morgan fingerprint density at radius 3 is 2.32 bits per heavy atom. The lowest BCUT2D eigenvalue weighted by Crippen LogP contribution is -2.46. The molecule has 0 bridgehead atoms. The number of fused-ring (bicyclic) bond motifs is 2. The Hall–Kier alpha value is -3.09. The highest BCUT2D eigenvalue weighted by atomic mass is 19.2. The first-order valence-corrected chi connectivity index (χ1v) is 10.3. The summed E-state index contributed by atoms with van der Waals surface area (Å²) in [6.45, 7) is 0.760. The van der Waals surface area contributed by atoms with Crippen LogP contribution in [-0.4, -0.2) is 19.1 Å². The number of carbonyl (C=O) groups excluding carboxylic acids is 1. The SMILES string of the molecule is O=C1N(c2ccc(F)c(F)c2)c2ccc(CCc3ccccc3)cc2C12OCCCO2. The van der Waals surface area contributed by atoms with Gasteiger partial charge < -0.3 is 9.47 Å². The first-order chi connectivity index (χ1) is 15.1. The number of hydrogen-bond donors (Lipinski definition) is 0. The summed E-state index contributed by atoms with van der Waals surface area (Å²) in [5.74, 6) is -3.99. The molecule has 1 fully saturated rings. The van der Waals surface area contributed by atoms with E-state index in [1.165, 1.54) is 16.5 Å². The van der Waals surface area contributed by atoms with E-state index in [4.69, 9.17) is 9.47 Å². The van der Waals surface area contributed by atoms with Crippen LogP contribution < -0.4 is 4.90 Å². The van der Waals surface area contributed by atoms with Crippen molar-refractivity contribution in [3.05, 3.63) is 95.1 Å². The number of benzene rings is 3. The number of aryl methyl sites for hydroxylation is 2. The predicted molar refractivity (Wildman–Crippen MR) is 112 cm³/mol. The molecule has 2 heterocycles. The van der Waals surface area contributed by atoms with E-state index in [-0.39, 0.29) is 5.69 Å². The monoisotopic (exact) mass is 421 g/mol. The lowest BCUT2D eigenvalue weighted by Gasteiger charge is -2.32. The maximum atomic E-state index is 13.9. The normalized spacial score (nSPS) is 17.2. The molecule has 3 aromatic carbocycles. The quantitative estimate of drug-likeness (QED) is 0.594. The first kappa shape index (κ1) is 19.8. The molecule has 3 aromatic rings. The maximum Gasteiger partial charge on any atom is 0.297 e. The first-order valence-electron chi connectivity index (χ1n) is 10.3. The molecule has 5 rings (SSSR count). The van der Waals surface area contributed by atoms with Gasteiger partial charge in [-0.05, 0) is 54.7 Å². The topological polar surface area (TPSA) is 38.8 Å². The summed E-state index contributed by atoms with van der Waals surface area (Å²) in [6.07, 6.45) is 2.32. The molecule has 0 aliphatic carbocycles. The van der Waals surface area contributed by atoms with Gasteiger partial charge in [0.15, 0.2) is 11.6 Å². The van der Waals surface area contributed by atoms with Crippen molar-refractivity contribution in [1.82, 2.24) is 0 Å². The zero-order valence-electron chi connectivity index (χ0n) is 16.8. The molecule has 1 amide bonds. The van der Waals surface area contributed by atoms with Gasteiger partial charge in [0, 0.05) is 11.6 Å². The van der Waals surface area contributed by atoms with E-state index in [2.05, 4.69) is 12.1 Å². The lowest BCUT2D eigenvalue weighted by molar-refractivity contribution is -0.256. The van der Waals surface area contributed by atoms with Gasteiger partial charge in [0.1, 0.15) is 0 Å². The van der Waals surface area contributed by atoms with Crippen LogP contribution in [0.4, 0.5) is 20.2 Å². The van der Waals surface area contributed by atoms with Crippen LogP contribution in [0.5, 0.6) is 0 Å². The van der Waals surface area contributed by atoms with Crippen LogP contribution in [0.15, 0.2) is 66.7 Å². The van der Waals surface area contributed by atoms with Gasteiger partial charge in [-0.1, -0.05) is 36.4 Å². The van der Waals surface area contributed by atoms with E-state index in [0.29, 0.717) is 30.9 Å². The molecule has 0 unspecified atom stereocenters. The Labute approximate surface area is 179 Å². The van der Waals surface area contributed by atoms with Crippen molar-refractivity contribution in [1.29, 1.82) is 0 Å². The van der Waals surface area contributed by atoms with E-state index in [0.717, 1.165) is 30.5 Å². The fourth-order valence-electron chi connectivity index (χ4n) is 4.19. The minimum atomic E-state index is -1.55. The highest BCUT2D eigenvalue weighted by Crippen LogP contribution is 2.48. The van der Waals surface area contributed by atoms with Gasteiger partial charge in [-0.2, -0.15) is 0 Å². The zero-order valence-corrected chi connectivity index (χ0v) is 16.8. The Morgan fingerprint density at radius 2 is 1.58 bits per heavy atom. The lowest BCUT2D eigenvalue weighted by atomic mass is 9.99. The van der Waals surface area contributed by atoms with Gasteiger partial charge in [-0.15, -0.1) is 0 Å². The molecule has 1 spiro atoms. The third-order valence-electron chi connectivity index (χ3n) is 5.75. The van der Waals surface area contributed by atoms with Crippen LogP contribution in [0, 0.1) is 11.6 Å². The number of ether oxygens (including phenoxy) is 2. The minimum Gasteiger partial charge on any atom is -0.338 e. The maximum absolute atomic E-state index is 13.9. The summed E-state index contributed by atoms with van der Waals surface area (Å²) >= 11 is 0. The third-order valence-corrected chi connectivity index (χ3v) is 5.75. The smallest absolute Gasteiger partial charge is 0.297 e. The summed E-state index contributed by atoms with van der Waals surface area (Å²) in [5.41, 5.74) is 3.66. The standard InChI is InChI=1S/C25H21F2NO3/c26-21-11-10-19(16-22(21)27)28-23-12-9-18(8-7-17-5-2-1-3-6-17)15-20(23)25(24(28)29)30-13-4-14-31-25/h1-3,5-6,9-12,15-16H,4,7-8,13-14H2. The second kappa shape index (κ2) is 7.87. The van der Waals surface area contributed by atoms with Crippen molar-refractivity contribution in [2.75, 3.05) is 18.1 Å².